The Kier molecular flexibility index (Phi) is 7.95. The number of carbonyl (C=O) groups is 1. The van der Waals surface area contributed by atoms with Crippen LogP contribution in [-0.4, -0.2) is 49.2 Å². The number of nitrogens with one attached hydrogen (secondary N) is 1. The Morgan fingerprint density at radius 1 is 1.42 bits per heavy atom. The maximum atomic E-state index is 11.7. The van der Waals surface area contributed by atoms with Crippen LogP contribution in [0.2, 0.25) is 0 Å². The molecule has 112 valence electrons. The van der Waals surface area contributed by atoms with Crippen LogP contribution < -0.4 is 11.1 Å². The summed E-state index contributed by atoms with van der Waals surface area (Å²) in [5.74, 6) is 0.422. The second kappa shape index (κ2) is 8.61. The van der Waals surface area contributed by atoms with E-state index >= 15 is 0 Å². The Morgan fingerprint density at radius 3 is 2.58 bits per heavy atom. The molecule has 0 aliphatic rings. The van der Waals surface area contributed by atoms with Crippen LogP contribution in [0.15, 0.2) is 4.99 Å². The highest BCUT2D eigenvalue weighted by Gasteiger charge is 2.19. The SMILES string of the molecule is CCCCN=C(N)NCCN(C)C(=O)OC(C)(C)C. The van der Waals surface area contributed by atoms with Gasteiger partial charge in [-0.3, -0.25) is 4.99 Å². The highest BCUT2D eigenvalue weighted by molar-refractivity contribution is 5.77. The maximum Gasteiger partial charge on any atom is 0.410 e. The summed E-state index contributed by atoms with van der Waals surface area (Å²) in [5, 5.41) is 2.97. The number of carbonyl (C=O) groups excluding carboxylic acids is 1. The van der Waals surface area contributed by atoms with Crippen molar-refractivity contribution in [3.63, 3.8) is 0 Å². The van der Waals surface area contributed by atoms with Crippen LogP contribution in [0, 0.1) is 0 Å². The van der Waals surface area contributed by atoms with Gasteiger partial charge in [-0.1, -0.05) is 13.3 Å². The van der Waals surface area contributed by atoms with E-state index in [9.17, 15) is 4.79 Å². The lowest BCUT2D eigenvalue weighted by atomic mass is 10.2. The zero-order valence-corrected chi connectivity index (χ0v) is 12.8. The van der Waals surface area contributed by atoms with Gasteiger partial charge < -0.3 is 20.7 Å². The van der Waals surface area contributed by atoms with E-state index in [4.69, 9.17) is 10.5 Å². The molecule has 0 aromatic heterocycles. The number of ether oxygens (including phenoxy) is 1. The zero-order valence-electron chi connectivity index (χ0n) is 12.8. The second-order valence-corrected chi connectivity index (χ2v) is 5.45. The zero-order chi connectivity index (χ0) is 14.9. The number of guanidine groups is 1. The van der Waals surface area contributed by atoms with Gasteiger partial charge in [0.2, 0.25) is 0 Å². The monoisotopic (exact) mass is 272 g/mol. The first-order chi connectivity index (χ1) is 8.76. The fourth-order valence-electron chi connectivity index (χ4n) is 1.20. The lowest BCUT2D eigenvalue weighted by molar-refractivity contribution is 0.0302. The average molecular weight is 272 g/mol. The van der Waals surface area contributed by atoms with Crippen LogP contribution >= 0.6 is 0 Å². The number of amides is 1. The van der Waals surface area contributed by atoms with E-state index in [0.29, 0.717) is 19.0 Å². The van der Waals surface area contributed by atoms with Crippen molar-refractivity contribution in [2.45, 2.75) is 46.1 Å². The Bertz CT molecular complexity index is 298. The Balaban J connectivity index is 3.88. The van der Waals surface area contributed by atoms with Crippen LogP contribution in [-0.2, 0) is 4.74 Å². The fourth-order valence-corrected chi connectivity index (χ4v) is 1.20. The van der Waals surface area contributed by atoms with Gasteiger partial charge in [0.25, 0.3) is 0 Å². The van der Waals surface area contributed by atoms with Crippen LogP contribution in [0.5, 0.6) is 0 Å². The molecule has 0 aromatic rings. The highest BCUT2D eigenvalue weighted by atomic mass is 16.6. The minimum atomic E-state index is -0.473. The molecule has 0 bridgehead atoms. The molecule has 0 radical (unpaired) electrons. The molecule has 6 heteroatoms. The van der Waals surface area contributed by atoms with Crippen molar-refractivity contribution in [3.05, 3.63) is 0 Å². The minimum Gasteiger partial charge on any atom is -0.444 e. The first-order valence-electron chi connectivity index (χ1n) is 6.74. The van der Waals surface area contributed by atoms with Crippen LogP contribution in [0.25, 0.3) is 0 Å². The molecule has 0 saturated heterocycles. The summed E-state index contributed by atoms with van der Waals surface area (Å²) >= 11 is 0. The van der Waals surface area contributed by atoms with Crippen LogP contribution in [0.1, 0.15) is 40.5 Å². The van der Waals surface area contributed by atoms with Gasteiger partial charge in [0.05, 0.1) is 0 Å². The molecule has 0 spiro atoms. The largest absolute Gasteiger partial charge is 0.444 e. The predicted molar refractivity (Wildman–Crippen MR) is 78.3 cm³/mol. The summed E-state index contributed by atoms with van der Waals surface area (Å²) in [5.41, 5.74) is 5.21. The molecule has 0 unspecified atom stereocenters. The summed E-state index contributed by atoms with van der Waals surface area (Å²) in [7, 11) is 1.69. The van der Waals surface area contributed by atoms with Gasteiger partial charge in [0, 0.05) is 26.7 Å². The van der Waals surface area contributed by atoms with Crippen LogP contribution in [0.4, 0.5) is 4.79 Å². The van der Waals surface area contributed by atoms with Crippen molar-refractivity contribution in [1.29, 1.82) is 0 Å². The topological polar surface area (TPSA) is 80.0 Å². The normalized spacial score (nSPS) is 12.2. The molecule has 1 amide bonds. The van der Waals surface area contributed by atoms with Crippen molar-refractivity contribution in [2.75, 3.05) is 26.7 Å². The average Bonchev–Trinajstić information content (AvgIpc) is 2.27. The van der Waals surface area contributed by atoms with Gasteiger partial charge in [-0.25, -0.2) is 4.79 Å². The van der Waals surface area contributed by atoms with Crippen molar-refractivity contribution >= 4 is 12.1 Å². The lowest BCUT2D eigenvalue weighted by Crippen LogP contribution is -2.41. The van der Waals surface area contributed by atoms with Crippen molar-refractivity contribution in [3.8, 4) is 0 Å². The minimum absolute atomic E-state index is 0.337. The molecular weight excluding hydrogens is 244 g/mol. The molecule has 6 nitrogen and oxygen atoms in total. The molecule has 0 aliphatic carbocycles. The third-order valence-corrected chi connectivity index (χ3v) is 2.25. The first-order valence-corrected chi connectivity index (χ1v) is 6.74. The highest BCUT2D eigenvalue weighted by Crippen LogP contribution is 2.08. The van der Waals surface area contributed by atoms with Crippen molar-refractivity contribution in [1.82, 2.24) is 10.2 Å². The van der Waals surface area contributed by atoms with Gasteiger partial charge in [0.1, 0.15) is 5.60 Å². The molecule has 0 rings (SSSR count). The standard InChI is InChI=1S/C13H28N4O2/c1-6-7-8-15-11(14)16-9-10-17(5)12(18)19-13(2,3)4/h6-10H2,1-5H3,(H3,14,15,16). The van der Waals surface area contributed by atoms with Crippen molar-refractivity contribution < 1.29 is 9.53 Å². The number of nitrogens with zero attached hydrogens (tertiary/aromatic N) is 2. The lowest BCUT2D eigenvalue weighted by Gasteiger charge is -2.24. The number of hydrogen-bond acceptors (Lipinski definition) is 3. The van der Waals surface area contributed by atoms with Gasteiger partial charge in [-0.05, 0) is 27.2 Å². The van der Waals surface area contributed by atoms with Gasteiger partial charge in [-0.15, -0.1) is 0 Å². The number of nitrogens with two attached hydrogens (primary N) is 1. The van der Waals surface area contributed by atoms with E-state index < -0.39 is 5.60 Å². The summed E-state index contributed by atoms with van der Waals surface area (Å²) < 4.78 is 5.23. The first kappa shape index (κ1) is 17.5. The quantitative estimate of drug-likeness (QED) is 0.437. The van der Waals surface area contributed by atoms with Gasteiger partial charge in [-0.2, -0.15) is 0 Å². The number of aliphatic imine (C=N–C) groups is 1. The van der Waals surface area contributed by atoms with E-state index in [2.05, 4.69) is 17.2 Å². The molecule has 0 fully saturated rings. The summed E-state index contributed by atoms with van der Waals surface area (Å²) in [6, 6.07) is 0. The summed E-state index contributed by atoms with van der Waals surface area (Å²) in [6.07, 6.45) is 1.79. The summed E-state index contributed by atoms with van der Waals surface area (Å²) in [4.78, 5) is 17.3. The van der Waals surface area contributed by atoms with Gasteiger partial charge >= 0.3 is 6.09 Å². The molecular formula is C13H28N4O2. The molecule has 19 heavy (non-hydrogen) atoms. The summed E-state index contributed by atoms with van der Waals surface area (Å²) in [6.45, 7) is 9.43. The molecule has 0 atom stereocenters. The van der Waals surface area contributed by atoms with Gasteiger partial charge in [0.15, 0.2) is 5.96 Å². The Morgan fingerprint density at radius 2 is 2.05 bits per heavy atom. The third-order valence-electron chi connectivity index (χ3n) is 2.25. The Labute approximate surface area is 116 Å². The second-order valence-electron chi connectivity index (χ2n) is 5.45. The van der Waals surface area contributed by atoms with E-state index in [1.807, 2.05) is 20.8 Å². The smallest absolute Gasteiger partial charge is 0.410 e. The van der Waals surface area contributed by atoms with E-state index in [0.717, 1.165) is 19.4 Å². The van der Waals surface area contributed by atoms with Crippen LogP contribution in [0.3, 0.4) is 0 Å². The molecule has 0 saturated carbocycles. The van der Waals surface area contributed by atoms with E-state index in [1.165, 1.54) is 4.90 Å². The molecule has 3 N–H and O–H groups in total. The number of hydrogen-bond donors (Lipinski definition) is 2. The maximum absolute atomic E-state index is 11.7. The Hall–Kier alpha value is -1.46. The van der Waals surface area contributed by atoms with E-state index in [-0.39, 0.29) is 6.09 Å². The third kappa shape index (κ3) is 10.2. The predicted octanol–water partition coefficient (Wildman–Crippen LogP) is 1.56. The molecule has 0 heterocycles. The molecule has 0 aliphatic heterocycles. The number of rotatable bonds is 6. The van der Waals surface area contributed by atoms with Crippen molar-refractivity contribution in [2.24, 2.45) is 10.7 Å². The number of unbranched alkanes of at least 4 members (excludes halogenated alkanes) is 1. The number of likely N-dealkylation sites (N-methyl/N-ethyl adjacent to an activating group) is 1. The van der Waals surface area contributed by atoms with E-state index in [1.54, 1.807) is 7.05 Å². The molecule has 0 aromatic carbocycles. The fraction of sp³-hybridized carbons (Fsp3) is 0.846.